The zero-order valence-electron chi connectivity index (χ0n) is 33.4. The molecule has 14 heteroatoms. The number of ether oxygens (including phenoxy) is 4. The van der Waals surface area contributed by atoms with Crippen molar-refractivity contribution in [2.24, 2.45) is 16.7 Å². The minimum atomic E-state index is -2.35. The molecular formula is C45H49NO13. The first-order valence-electron chi connectivity index (χ1n) is 19.6. The first-order chi connectivity index (χ1) is 27.9. The summed E-state index contributed by atoms with van der Waals surface area (Å²) in [4.78, 5) is 69.5. The predicted octanol–water partition coefficient (Wildman–Crippen LogP) is 3.16. The monoisotopic (exact) mass is 811 g/mol. The van der Waals surface area contributed by atoms with Gasteiger partial charge in [0.15, 0.2) is 17.5 Å². The van der Waals surface area contributed by atoms with Gasteiger partial charge in [-0.2, -0.15) is 0 Å². The molecule has 0 radical (unpaired) electrons. The molecular weight excluding hydrogens is 762 g/mol. The second-order valence-electron chi connectivity index (χ2n) is 16.8. The third kappa shape index (κ3) is 6.76. The molecule has 3 fully saturated rings. The highest BCUT2D eigenvalue weighted by Crippen LogP contribution is 2.64. The molecule has 59 heavy (non-hydrogen) atoms. The number of ketones is 1. The smallest absolute Gasteiger partial charge is 0.338 e. The third-order valence-electron chi connectivity index (χ3n) is 13.2. The lowest BCUT2D eigenvalue weighted by Gasteiger charge is -2.67. The van der Waals surface area contributed by atoms with Crippen LogP contribution in [0, 0.1) is 16.7 Å². The molecule has 1 amide bonds. The lowest BCUT2D eigenvalue weighted by molar-refractivity contribution is -0.346. The Balaban J connectivity index is 1.34. The van der Waals surface area contributed by atoms with E-state index in [4.69, 9.17) is 18.9 Å². The molecule has 0 spiro atoms. The maximum atomic E-state index is 15.0. The zero-order valence-corrected chi connectivity index (χ0v) is 33.4. The predicted molar refractivity (Wildman–Crippen MR) is 208 cm³/mol. The molecule has 312 valence electrons. The summed E-state index contributed by atoms with van der Waals surface area (Å²) in [5.41, 5.74) is -6.86. The number of amides is 1. The SMILES string of the molecule is CC(=O)O[C@@]12CO[C@@H]1CC(O)[C@@]1(C)C(=O)[C@H](O)C3=C(C)[C@@H](OC(=O)[C@H](O)C(NC(=O)c4ccccc4)c4ccccc4)C[C@@](O)([C@@H](OC(=O)c4ccccc4)[C@H]21)C3(C)C. The fraction of sp³-hybridized carbons (Fsp3) is 0.444. The van der Waals surface area contributed by atoms with E-state index in [1.807, 2.05) is 0 Å². The molecule has 14 nitrogen and oxygen atoms in total. The van der Waals surface area contributed by atoms with Crippen LogP contribution in [0.15, 0.2) is 102 Å². The Bertz CT molecular complexity index is 2160. The summed E-state index contributed by atoms with van der Waals surface area (Å²) in [6, 6.07) is 23.1. The molecule has 0 aromatic heterocycles. The van der Waals surface area contributed by atoms with Gasteiger partial charge in [-0.25, -0.2) is 9.59 Å². The number of fused-ring (bicyclic) bond motifs is 5. The van der Waals surface area contributed by atoms with Crippen LogP contribution >= 0.6 is 0 Å². The minimum absolute atomic E-state index is 0.0540. The highest BCUT2D eigenvalue weighted by molar-refractivity contribution is 5.95. The quantitative estimate of drug-likeness (QED) is 0.120. The Morgan fingerprint density at radius 2 is 1.44 bits per heavy atom. The number of aliphatic hydroxyl groups excluding tert-OH is 3. The molecule has 1 heterocycles. The standard InChI is InChI=1S/C45H49NO13/c1-24-29(57-41(54)35(50)33(26-15-9-6-10-16-26)46-39(52)27-17-11-7-12-18-27)22-45(55)38(58-40(53)28-19-13-8-14-20-28)36-43(5,37(51)34(49)32(24)42(45,3)4)30(48)21-31-44(36,23-56-31)59-25(2)47/h6-20,29-31,33-36,38,48-50,55H,21-23H2,1-5H3,(H,46,52)/t29-,30?,31+,33?,34+,35+,36-,38-,43+,44-,45+/m0/s1. The van der Waals surface area contributed by atoms with Crippen LogP contribution < -0.4 is 5.32 Å². The number of nitrogens with one attached hydrogen (secondary N) is 1. The van der Waals surface area contributed by atoms with E-state index in [1.54, 1.807) is 92.7 Å². The van der Waals surface area contributed by atoms with Gasteiger partial charge in [0.1, 0.15) is 30.0 Å². The Labute approximate surface area is 341 Å². The largest absolute Gasteiger partial charge is 0.456 e. The number of rotatable bonds is 9. The van der Waals surface area contributed by atoms with Crippen molar-refractivity contribution in [3.05, 3.63) is 119 Å². The summed E-state index contributed by atoms with van der Waals surface area (Å²) in [5.74, 6) is -5.89. The van der Waals surface area contributed by atoms with E-state index < -0.39 is 107 Å². The first-order valence-corrected chi connectivity index (χ1v) is 19.6. The average Bonchev–Trinajstić information content (AvgIpc) is 3.21. The number of hydrogen-bond donors (Lipinski definition) is 5. The Morgan fingerprint density at radius 3 is 2.00 bits per heavy atom. The zero-order chi connectivity index (χ0) is 42.7. The van der Waals surface area contributed by atoms with Crippen molar-refractivity contribution in [3.8, 4) is 0 Å². The van der Waals surface area contributed by atoms with Crippen LogP contribution in [0.1, 0.15) is 79.8 Å². The number of carbonyl (C=O) groups excluding carboxylic acids is 5. The minimum Gasteiger partial charge on any atom is -0.456 e. The summed E-state index contributed by atoms with van der Waals surface area (Å²) in [6.07, 6.45) is -10.5. The summed E-state index contributed by atoms with van der Waals surface area (Å²) >= 11 is 0. The maximum absolute atomic E-state index is 15.0. The molecule has 11 atom stereocenters. The van der Waals surface area contributed by atoms with Gasteiger partial charge in [0.25, 0.3) is 5.91 Å². The second-order valence-corrected chi connectivity index (χ2v) is 16.8. The summed E-state index contributed by atoms with van der Waals surface area (Å²) in [7, 11) is 0. The van der Waals surface area contributed by atoms with Crippen molar-refractivity contribution >= 4 is 29.6 Å². The number of esters is 3. The fourth-order valence-corrected chi connectivity index (χ4v) is 9.94. The lowest BCUT2D eigenvalue weighted by atomic mass is 9.44. The average molecular weight is 812 g/mol. The summed E-state index contributed by atoms with van der Waals surface area (Å²) in [6.45, 7) is 6.89. The summed E-state index contributed by atoms with van der Waals surface area (Å²) < 4.78 is 24.2. The van der Waals surface area contributed by atoms with Gasteiger partial charge in [-0.05, 0) is 54.8 Å². The van der Waals surface area contributed by atoms with Crippen LogP contribution in [0.2, 0.25) is 0 Å². The molecule has 2 saturated carbocycles. The second kappa shape index (κ2) is 15.4. The van der Waals surface area contributed by atoms with Gasteiger partial charge in [0.2, 0.25) is 0 Å². The Morgan fingerprint density at radius 1 is 0.864 bits per heavy atom. The van der Waals surface area contributed by atoms with Gasteiger partial charge in [-0.3, -0.25) is 14.4 Å². The molecule has 1 aliphatic heterocycles. The van der Waals surface area contributed by atoms with Crippen molar-refractivity contribution < 1.29 is 63.3 Å². The van der Waals surface area contributed by atoms with Crippen LogP contribution in [-0.2, 0) is 33.3 Å². The van der Waals surface area contributed by atoms with Crippen molar-refractivity contribution in [1.82, 2.24) is 5.32 Å². The van der Waals surface area contributed by atoms with Crippen molar-refractivity contribution in [1.29, 1.82) is 0 Å². The number of hydrogen-bond acceptors (Lipinski definition) is 13. The molecule has 1 saturated heterocycles. The number of benzene rings is 3. The van der Waals surface area contributed by atoms with Crippen molar-refractivity contribution in [3.63, 3.8) is 0 Å². The molecule has 2 bridgehead atoms. The van der Waals surface area contributed by atoms with Gasteiger partial charge in [-0.1, -0.05) is 80.6 Å². The normalized spacial score (nSPS) is 33.0. The van der Waals surface area contributed by atoms with E-state index in [0.29, 0.717) is 5.56 Å². The van der Waals surface area contributed by atoms with Crippen LogP contribution in [0.4, 0.5) is 0 Å². The van der Waals surface area contributed by atoms with Gasteiger partial charge in [0.05, 0.1) is 35.6 Å². The van der Waals surface area contributed by atoms with Crippen LogP contribution in [0.3, 0.4) is 0 Å². The Kier molecular flexibility index (Phi) is 10.9. The van der Waals surface area contributed by atoms with E-state index in [1.165, 1.54) is 26.0 Å². The fourth-order valence-electron chi connectivity index (χ4n) is 9.94. The van der Waals surface area contributed by atoms with E-state index in [2.05, 4.69) is 5.32 Å². The van der Waals surface area contributed by atoms with E-state index in [-0.39, 0.29) is 35.3 Å². The van der Waals surface area contributed by atoms with Gasteiger partial charge in [0, 0.05) is 30.7 Å². The van der Waals surface area contributed by atoms with Crippen LogP contribution in [0.25, 0.3) is 0 Å². The molecule has 2 unspecified atom stereocenters. The van der Waals surface area contributed by atoms with Crippen molar-refractivity contribution in [2.45, 2.75) is 101 Å². The highest BCUT2D eigenvalue weighted by atomic mass is 16.6. The maximum Gasteiger partial charge on any atom is 0.338 e. The van der Waals surface area contributed by atoms with E-state index in [0.717, 1.165) is 6.92 Å². The van der Waals surface area contributed by atoms with Gasteiger partial charge < -0.3 is 44.7 Å². The molecule has 5 N–H and O–H groups in total. The summed E-state index contributed by atoms with van der Waals surface area (Å²) in [5, 5.41) is 51.9. The Hall–Kier alpha value is -5.25. The highest BCUT2D eigenvalue weighted by Gasteiger charge is 2.78. The van der Waals surface area contributed by atoms with Gasteiger partial charge >= 0.3 is 17.9 Å². The lowest BCUT2D eigenvalue weighted by Crippen LogP contribution is -2.81. The molecule has 4 aliphatic rings. The van der Waals surface area contributed by atoms with E-state index in [9.17, 15) is 44.4 Å². The van der Waals surface area contributed by atoms with Crippen LogP contribution in [-0.4, -0.2) is 104 Å². The third-order valence-corrected chi connectivity index (χ3v) is 13.2. The molecule has 7 rings (SSSR count). The van der Waals surface area contributed by atoms with Crippen molar-refractivity contribution in [2.75, 3.05) is 6.61 Å². The number of carbonyl (C=O) groups is 5. The number of aliphatic hydroxyl groups is 4. The molecule has 3 aromatic carbocycles. The first kappa shape index (κ1) is 41.9. The molecule has 3 aromatic rings. The topological polar surface area (TPSA) is 215 Å². The van der Waals surface area contributed by atoms with E-state index >= 15 is 0 Å². The van der Waals surface area contributed by atoms with Gasteiger partial charge in [-0.15, -0.1) is 0 Å². The van der Waals surface area contributed by atoms with Crippen LogP contribution in [0.5, 0.6) is 0 Å². The number of Topliss-reactive ketones (excluding diaryl/α,β-unsaturated/α-hetero) is 1. The molecule has 3 aliphatic carbocycles.